The fourth-order valence-electron chi connectivity index (χ4n) is 12.9. The number of carboxylic acid groups (broad SMARTS) is 1. The van der Waals surface area contributed by atoms with Gasteiger partial charge in [-0.1, -0.05) is 48.5 Å². The molecular formula is C43H59N3O7. The number of hydrogen-bond donors (Lipinski definition) is 1. The number of nitrogens with zero attached hydrogens (tertiary/aromatic N) is 3. The summed E-state index contributed by atoms with van der Waals surface area (Å²) in [4.78, 5) is 43.3. The van der Waals surface area contributed by atoms with E-state index in [2.05, 4.69) is 63.6 Å². The van der Waals surface area contributed by atoms with Gasteiger partial charge < -0.3 is 19.0 Å². The summed E-state index contributed by atoms with van der Waals surface area (Å²) >= 11 is 0. The maximum atomic E-state index is 14.1. The predicted molar refractivity (Wildman–Crippen MR) is 199 cm³/mol. The van der Waals surface area contributed by atoms with Crippen molar-refractivity contribution in [1.29, 1.82) is 0 Å². The SMILES string of the molecule is COc1ccc(-c2nnc([C@@]34CC[C@]5(C)[C@H](CC[C@@H]6[C@@]7(C)CC[C@H](OC(=O)CC(C)(C)C(=O)O)C(C)(C)[C@@H]7CC[C@]65C)C3=C(C(C)C)C(=O)C4)o2)cn1. The van der Waals surface area contributed by atoms with E-state index in [1.807, 2.05) is 6.07 Å². The number of aliphatic carboxylic acids is 1. The Bertz CT molecular complexity index is 1840. The van der Waals surface area contributed by atoms with Crippen molar-refractivity contribution >= 4 is 17.7 Å². The van der Waals surface area contributed by atoms with Gasteiger partial charge in [0.05, 0.1) is 29.9 Å². The molecule has 2 aromatic heterocycles. The zero-order valence-corrected chi connectivity index (χ0v) is 33.4. The molecule has 0 aromatic carbocycles. The Kier molecular flexibility index (Phi) is 8.89. The number of esters is 1. The van der Waals surface area contributed by atoms with Crippen molar-refractivity contribution in [1.82, 2.24) is 15.2 Å². The number of pyridine rings is 1. The van der Waals surface area contributed by atoms with Crippen LogP contribution in [0.3, 0.4) is 0 Å². The molecule has 5 aliphatic carbocycles. The lowest BCUT2D eigenvalue weighted by Gasteiger charge is -2.72. The molecule has 4 saturated carbocycles. The summed E-state index contributed by atoms with van der Waals surface area (Å²) in [6, 6.07) is 3.65. The lowest BCUT2D eigenvalue weighted by atomic mass is 9.33. The molecule has 2 aromatic rings. The van der Waals surface area contributed by atoms with Gasteiger partial charge in [0, 0.05) is 24.1 Å². The van der Waals surface area contributed by atoms with Crippen LogP contribution in [0, 0.1) is 50.7 Å². The molecule has 0 radical (unpaired) electrons. The molecule has 0 bridgehead atoms. The Balaban J connectivity index is 1.20. The number of ketones is 1. The van der Waals surface area contributed by atoms with Crippen LogP contribution in [0.5, 0.6) is 5.88 Å². The molecule has 5 aliphatic rings. The molecule has 0 aliphatic heterocycles. The molecule has 10 heteroatoms. The molecule has 0 amide bonds. The molecule has 8 atom stereocenters. The van der Waals surface area contributed by atoms with Crippen molar-refractivity contribution in [3.05, 3.63) is 35.4 Å². The van der Waals surface area contributed by atoms with Gasteiger partial charge in [0.1, 0.15) is 6.10 Å². The number of Topliss-reactive ketones (excluding diaryl/α,β-unsaturated/α-hetero) is 1. The van der Waals surface area contributed by atoms with E-state index in [0.717, 1.165) is 62.5 Å². The normalized spacial score (nSPS) is 36.3. The highest BCUT2D eigenvalue weighted by Gasteiger charge is 2.71. The molecule has 2 heterocycles. The second-order valence-electron chi connectivity index (χ2n) is 19.5. The fraction of sp³-hybridized carbons (Fsp3) is 0.721. The lowest BCUT2D eigenvalue weighted by Crippen LogP contribution is -2.66. The van der Waals surface area contributed by atoms with Crippen LogP contribution < -0.4 is 4.74 Å². The molecule has 288 valence electrons. The van der Waals surface area contributed by atoms with Gasteiger partial charge in [-0.25, -0.2) is 4.98 Å². The van der Waals surface area contributed by atoms with Gasteiger partial charge in [0.15, 0.2) is 5.78 Å². The number of allylic oxidation sites excluding steroid dienone is 2. The summed E-state index contributed by atoms with van der Waals surface area (Å²) in [5.74, 6) is 1.41. The number of fused-ring (bicyclic) bond motifs is 7. The average Bonchev–Trinajstić information content (AvgIpc) is 3.70. The highest BCUT2D eigenvalue weighted by atomic mass is 16.5. The minimum absolute atomic E-state index is 0.0356. The number of carbonyl (C=O) groups excluding carboxylic acids is 2. The summed E-state index contributed by atoms with van der Waals surface area (Å²) in [6.45, 7) is 19.6. The first-order chi connectivity index (χ1) is 24.7. The molecular weight excluding hydrogens is 670 g/mol. The van der Waals surface area contributed by atoms with Crippen molar-refractivity contribution in [3.63, 3.8) is 0 Å². The van der Waals surface area contributed by atoms with Crippen LogP contribution in [-0.4, -0.2) is 51.2 Å². The Labute approximate surface area is 314 Å². The van der Waals surface area contributed by atoms with Crippen LogP contribution in [0.2, 0.25) is 0 Å². The third-order valence-corrected chi connectivity index (χ3v) is 15.8. The third kappa shape index (κ3) is 5.45. The average molecular weight is 730 g/mol. The Morgan fingerprint density at radius 3 is 2.34 bits per heavy atom. The van der Waals surface area contributed by atoms with Crippen molar-refractivity contribution < 1.29 is 33.4 Å². The van der Waals surface area contributed by atoms with Crippen LogP contribution >= 0.6 is 0 Å². The number of hydrogen-bond acceptors (Lipinski definition) is 9. The van der Waals surface area contributed by atoms with E-state index in [9.17, 15) is 19.5 Å². The van der Waals surface area contributed by atoms with E-state index in [1.54, 1.807) is 33.2 Å². The number of rotatable bonds is 8. The van der Waals surface area contributed by atoms with Crippen LogP contribution in [0.25, 0.3) is 11.5 Å². The quantitative estimate of drug-likeness (QED) is 0.262. The number of carboxylic acids is 1. The Morgan fingerprint density at radius 1 is 0.962 bits per heavy atom. The summed E-state index contributed by atoms with van der Waals surface area (Å²) in [7, 11) is 1.58. The highest BCUT2D eigenvalue weighted by Crippen LogP contribution is 2.76. The largest absolute Gasteiger partial charge is 0.481 e. The van der Waals surface area contributed by atoms with E-state index in [0.29, 0.717) is 35.9 Å². The van der Waals surface area contributed by atoms with Gasteiger partial charge in [-0.05, 0) is 122 Å². The van der Waals surface area contributed by atoms with E-state index >= 15 is 0 Å². The van der Waals surface area contributed by atoms with E-state index in [1.165, 1.54) is 5.57 Å². The van der Waals surface area contributed by atoms with Gasteiger partial charge >= 0.3 is 11.9 Å². The van der Waals surface area contributed by atoms with Crippen LogP contribution in [0.4, 0.5) is 0 Å². The van der Waals surface area contributed by atoms with Gasteiger partial charge in [0.25, 0.3) is 0 Å². The minimum Gasteiger partial charge on any atom is -0.481 e. The molecule has 0 spiro atoms. The standard InChI is InChI=1S/C43H59N3O7/c1-24(2)33-27(47)21-43(36-46-45-35(53-36)25-11-14-31(51-10)44-23-25)20-19-41(8)26(34(33)43)12-13-29-40(7)17-16-30(52-32(48)22-38(3,4)37(49)50)39(5,6)28(40)15-18-42(29,41)9/h11,14,23-24,26,28-30H,12-13,15-22H2,1-10H3,(H,49,50)/t26-,28+,29-,30+,40+,41-,42-,43-/m1/s1. The Hall–Kier alpha value is -3.56. The molecule has 0 saturated heterocycles. The molecule has 53 heavy (non-hydrogen) atoms. The summed E-state index contributed by atoms with van der Waals surface area (Å²) < 4.78 is 18.0. The first-order valence-electron chi connectivity index (χ1n) is 19.8. The topological polar surface area (TPSA) is 142 Å². The van der Waals surface area contributed by atoms with Crippen molar-refractivity contribution in [2.24, 2.45) is 50.7 Å². The lowest BCUT2D eigenvalue weighted by molar-refractivity contribution is -0.232. The van der Waals surface area contributed by atoms with E-state index < -0.39 is 22.8 Å². The first kappa shape index (κ1) is 37.7. The zero-order chi connectivity index (χ0) is 38.5. The van der Waals surface area contributed by atoms with Gasteiger partial charge in [-0.15, -0.1) is 10.2 Å². The summed E-state index contributed by atoms with van der Waals surface area (Å²) in [5.41, 5.74) is 0.987. The summed E-state index contributed by atoms with van der Waals surface area (Å²) in [6.07, 6.45) is 9.36. The second-order valence-corrected chi connectivity index (χ2v) is 19.5. The number of methoxy groups -OCH3 is 1. The molecule has 1 N–H and O–H groups in total. The first-order valence-corrected chi connectivity index (χ1v) is 19.8. The van der Waals surface area contributed by atoms with Crippen LogP contribution in [-0.2, 0) is 24.5 Å². The smallest absolute Gasteiger partial charge is 0.309 e. The maximum Gasteiger partial charge on any atom is 0.309 e. The molecule has 10 nitrogen and oxygen atoms in total. The Morgan fingerprint density at radius 2 is 1.70 bits per heavy atom. The maximum absolute atomic E-state index is 14.1. The van der Waals surface area contributed by atoms with Gasteiger partial charge in [0.2, 0.25) is 17.7 Å². The number of aromatic nitrogens is 3. The highest BCUT2D eigenvalue weighted by molar-refractivity contribution is 6.01. The number of carbonyl (C=O) groups is 3. The number of ether oxygens (including phenoxy) is 2. The van der Waals surface area contributed by atoms with E-state index in [-0.39, 0.29) is 51.8 Å². The van der Waals surface area contributed by atoms with Gasteiger partial charge in [-0.2, -0.15) is 0 Å². The molecule has 0 unspecified atom stereocenters. The van der Waals surface area contributed by atoms with Crippen molar-refractivity contribution in [3.8, 4) is 17.3 Å². The van der Waals surface area contributed by atoms with Gasteiger partial charge in [-0.3, -0.25) is 14.4 Å². The monoisotopic (exact) mass is 729 g/mol. The van der Waals surface area contributed by atoms with Crippen LogP contribution in [0.15, 0.2) is 33.9 Å². The third-order valence-electron chi connectivity index (χ3n) is 15.8. The minimum atomic E-state index is -1.17. The van der Waals surface area contributed by atoms with Crippen LogP contribution in [0.1, 0.15) is 132 Å². The predicted octanol–water partition coefficient (Wildman–Crippen LogP) is 8.79. The van der Waals surface area contributed by atoms with E-state index in [4.69, 9.17) is 13.9 Å². The van der Waals surface area contributed by atoms with Crippen molar-refractivity contribution in [2.75, 3.05) is 7.11 Å². The molecule has 7 rings (SSSR count). The molecule has 4 fully saturated rings. The zero-order valence-electron chi connectivity index (χ0n) is 33.4. The fourth-order valence-corrected chi connectivity index (χ4v) is 12.9. The summed E-state index contributed by atoms with van der Waals surface area (Å²) in [5, 5.41) is 18.8. The second kappa shape index (κ2) is 12.5. The van der Waals surface area contributed by atoms with Crippen molar-refractivity contribution in [2.45, 2.75) is 138 Å².